The molecule has 19 heavy (non-hydrogen) atoms. The van der Waals surface area contributed by atoms with Crippen molar-refractivity contribution in [2.75, 3.05) is 18.1 Å². The maximum Gasteiger partial charge on any atom is 0.156 e. The van der Waals surface area contributed by atoms with E-state index >= 15 is 0 Å². The van der Waals surface area contributed by atoms with Gasteiger partial charge in [0.05, 0.1) is 5.69 Å². The van der Waals surface area contributed by atoms with Gasteiger partial charge in [-0.25, -0.2) is 0 Å². The summed E-state index contributed by atoms with van der Waals surface area (Å²) in [5, 5.41) is 14.5. The summed E-state index contributed by atoms with van der Waals surface area (Å²) in [5.41, 5.74) is 0.990. The summed E-state index contributed by atoms with van der Waals surface area (Å²) in [6.07, 6.45) is 6.17. The standard InChI is InChI=1S/C15H19N3S/c1-11-12-6-3-4-7-13(12)14(18-17-11)16-10-15(19-2)8-5-9-15/h3-4,6-7H,5,8-10H2,1-2H3,(H,16,18). The first-order valence-corrected chi connectivity index (χ1v) is 7.98. The molecule has 1 heterocycles. The van der Waals surface area contributed by atoms with Crippen LogP contribution >= 0.6 is 11.8 Å². The minimum absolute atomic E-state index is 0.410. The Bertz CT molecular complexity index is 587. The predicted molar refractivity (Wildman–Crippen MR) is 82.9 cm³/mol. The van der Waals surface area contributed by atoms with E-state index in [1.807, 2.05) is 18.7 Å². The zero-order valence-corrected chi connectivity index (χ0v) is 12.3. The maximum absolute atomic E-state index is 4.33. The fourth-order valence-corrected chi connectivity index (χ4v) is 3.55. The molecule has 1 saturated carbocycles. The van der Waals surface area contributed by atoms with Gasteiger partial charge in [0.1, 0.15) is 0 Å². The Hall–Kier alpha value is -1.29. The van der Waals surface area contributed by atoms with E-state index in [4.69, 9.17) is 0 Å². The van der Waals surface area contributed by atoms with Gasteiger partial charge in [0, 0.05) is 22.1 Å². The molecule has 0 bridgehead atoms. The highest BCUT2D eigenvalue weighted by Crippen LogP contribution is 2.42. The second-order valence-electron chi connectivity index (χ2n) is 5.27. The van der Waals surface area contributed by atoms with Crippen LogP contribution in [0.2, 0.25) is 0 Å². The summed E-state index contributed by atoms with van der Waals surface area (Å²) in [5.74, 6) is 0.918. The topological polar surface area (TPSA) is 37.8 Å². The van der Waals surface area contributed by atoms with Crippen molar-refractivity contribution in [3.63, 3.8) is 0 Å². The SMILES string of the molecule is CSC1(CNc2nnc(C)c3ccccc23)CCC1. The number of aryl methyl sites for hydroxylation is 1. The van der Waals surface area contributed by atoms with E-state index in [1.165, 1.54) is 30.0 Å². The van der Waals surface area contributed by atoms with Crippen molar-refractivity contribution in [3.05, 3.63) is 30.0 Å². The van der Waals surface area contributed by atoms with Gasteiger partial charge in [-0.2, -0.15) is 16.9 Å². The predicted octanol–water partition coefficient (Wildman–Crippen LogP) is 3.64. The summed E-state index contributed by atoms with van der Waals surface area (Å²) in [4.78, 5) is 0. The van der Waals surface area contributed by atoms with Gasteiger partial charge < -0.3 is 5.32 Å². The first-order valence-electron chi connectivity index (χ1n) is 6.75. The molecular weight excluding hydrogens is 254 g/mol. The molecule has 0 aliphatic heterocycles. The van der Waals surface area contributed by atoms with Crippen LogP contribution in [0.3, 0.4) is 0 Å². The molecule has 0 saturated heterocycles. The number of hydrogen-bond acceptors (Lipinski definition) is 4. The quantitative estimate of drug-likeness (QED) is 0.923. The van der Waals surface area contributed by atoms with E-state index in [2.05, 4.69) is 46.0 Å². The fourth-order valence-electron chi connectivity index (χ4n) is 2.64. The number of fused-ring (bicyclic) bond motifs is 1. The third kappa shape index (κ3) is 2.29. The molecule has 100 valence electrons. The van der Waals surface area contributed by atoms with Crippen molar-refractivity contribution in [1.82, 2.24) is 10.2 Å². The first kappa shape index (κ1) is 12.7. The van der Waals surface area contributed by atoms with Crippen molar-refractivity contribution in [2.24, 2.45) is 0 Å². The zero-order chi connectivity index (χ0) is 13.3. The molecule has 1 N–H and O–H groups in total. The minimum Gasteiger partial charge on any atom is -0.367 e. The van der Waals surface area contributed by atoms with Gasteiger partial charge in [-0.1, -0.05) is 30.7 Å². The number of benzene rings is 1. The molecule has 1 aliphatic rings. The summed E-state index contributed by atoms with van der Waals surface area (Å²) < 4.78 is 0.410. The van der Waals surface area contributed by atoms with Gasteiger partial charge in [-0.15, -0.1) is 5.10 Å². The third-order valence-electron chi connectivity index (χ3n) is 4.15. The van der Waals surface area contributed by atoms with Crippen LogP contribution in [0.15, 0.2) is 24.3 Å². The lowest BCUT2D eigenvalue weighted by Crippen LogP contribution is -2.40. The van der Waals surface area contributed by atoms with Crippen molar-refractivity contribution in [1.29, 1.82) is 0 Å². The Kier molecular flexibility index (Phi) is 3.35. The molecule has 0 atom stereocenters. The number of aromatic nitrogens is 2. The van der Waals surface area contributed by atoms with Crippen LogP contribution < -0.4 is 5.32 Å². The van der Waals surface area contributed by atoms with Gasteiger partial charge in [-0.3, -0.25) is 0 Å². The number of thioether (sulfide) groups is 1. The van der Waals surface area contributed by atoms with Crippen LogP contribution in [0.25, 0.3) is 10.8 Å². The molecule has 2 aromatic rings. The Labute approximate surface area is 118 Å². The Morgan fingerprint density at radius 2 is 1.95 bits per heavy atom. The monoisotopic (exact) mass is 273 g/mol. The number of hydrogen-bond donors (Lipinski definition) is 1. The van der Waals surface area contributed by atoms with E-state index < -0.39 is 0 Å². The van der Waals surface area contributed by atoms with E-state index in [9.17, 15) is 0 Å². The molecule has 1 aliphatic carbocycles. The van der Waals surface area contributed by atoms with Crippen molar-refractivity contribution >= 4 is 28.4 Å². The Morgan fingerprint density at radius 3 is 2.58 bits per heavy atom. The average molecular weight is 273 g/mol. The van der Waals surface area contributed by atoms with Gasteiger partial charge in [0.2, 0.25) is 0 Å². The normalized spacial score (nSPS) is 17.2. The number of rotatable bonds is 4. The number of anilines is 1. The molecular formula is C15H19N3S. The number of nitrogens with zero attached hydrogens (tertiary/aromatic N) is 2. The lowest BCUT2D eigenvalue weighted by atomic mass is 9.84. The highest BCUT2D eigenvalue weighted by molar-refractivity contribution is 8.00. The smallest absolute Gasteiger partial charge is 0.156 e. The third-order valence-corrected chi connectivity index (χ3v) is 5.57. The van der Waals surface area contributed by atoms with Crippen LogP contribution in [0.5, 0.6) is 0 Å². The molecule has 1 fully saturated rings. The fraction of sp³-hybridized carbons (Fsp3) is 0.467. The van der Waals surface area contributed by atoms with Gasteiger partial charge >= 0.3 is 0 Å². The number of nitrogens with one attached hydrogen (secondary N) is 1. The van der Waals surface area contributed by atoms with Gasteiger partial charge in [-0.05, 0) is 26.0 Å². The van der Waals surface area contributed by atoms with Crippen LogP contribution in [-0.2, 0) is 0 Å². The van der Waals surface area contributed by atoms with Crippen LogP contribution in [-0.4, -0.2) is 27.7 Å². The highest BCUT2D eigenvalue weighted by atomic mass is 32.2. The highest BCUT2D eigenvalue weighted by Gasteiger charge is 2.35. The molecule has 0 unspecified atom stereocenters. The Morgan fingerprint density at radius 1 is 1.21 bits per heavy atom. The zero-order valence-electron chi connectivity index (χ0n) is 11.4. The van der Waals surface area contributed by atoms with E-state index in [0.717, 1.165) is 18.1 Å². The largest absolute Gasteiger partial charge is 0.367 e. The second kappa shape index (κ2) is 5.00. The maximum atomic E-state index is 4.33. The lowest BCUT2D eigenvalue weighted by Gasteiger charge is -2.40. The van der Waals surface area contributed by atoms with Crippen molar-refractivity contribution in [2.45, 2.75) is 30.9 Å². The van der Waals surface area contributed by atoms with Crippen LogP contribution in [0.4, 0.5) is 5.82 Å². The van der Waals surface area contributed by atoms with Crippen LogP contribution in [0.1, 0.15) is 25.0 Å². The van der Waals surface area contributed by atoms with E-state index in [0.29, 0.717) is 4.75 Å². The van der Waals surface area contributed by atoms with E-state index in [1.54, 1.807) is 0 Å². The van der Waals surface area contributed by atoms with E-state index in [-0.39, 0.29) is 0 Å². The average Bonchev–Trinajstić information content (AvgIpc) is 2.41. The molecule has 4 heteroatoms. The van der Waals surface area contributed by atoms with Crippen molar-refractivity contribution in [3.8, 4) is 0 Å². The summed E-state index contributed by atoms with van der Waals surface area (Å²) in [7, 11) is 0. The molecule has 0 amide bonds. The molecule has 1 aromatic heterocycles. The van der Waals surface area contributed by atoms with Crippen LogP contribution in [0, 0.1) is 6.92 Å². The van der Waals surface area contributed by atoms with Gasteiger partial charge in [0.15, 0.2) is 5.82 Å². The summed E-state index contributed by atoms with van der Waals surface area (Å²) in [6, 6.07) is 8.34. The molecule has 0 radical (unpaired) electrons. The summed E-state index contributed by atoms with van der Waals surface area (Å²) in [6.45, 7) is 2.99. The Balaban J connectivity index is 1.87. The summed E-state index contributed by atoms with van der Waals surface area (Å²) >= 11 is 1.98. The van der Waals surface area contributed by atoms with Gasteiger partial charge in [0.25, 0.3) is 0 Å². The molecule has 3 rings (SSSR count). The molecule has 3 nitrogen and oxygen atoms in total. The second-order valence-corrected chi connectivity index (χ2v) is 6.55. The minimum atomic E-state index is 0.410. The molecule has 1 aromatic carbocycles. The molecule has 0 spiro atoms. The first-order chi connectivity index (χ1) is 9.24. The van der Waals surface area contributed by atoms with Crippen molar-refractivity contribution < 1.29 is 0 Å². The lowest BCUT2D eigenvalue weighted by molar-refractivity contribution is 0.379.